The monoisotopic (exact) mass is 453 g/mol. The van der Waals surface area contributed by atoms with Crippen LogP contribution in [0.5, 0.6) is 11.5 Å². The number of Topliss-reactive ketones (excluding diaryl/α,β-unsaturated/α-hetero) is 1. The maximum Gasteiger partial charge on any atom is 0.300 e. The van der Waals surface area contributed by atoms with Gasteiger partial charge in [0.15, 0.2) is 0 Å². The number of benzene rings is 2. The molecule has 0 aliphatic carbocycles. The Bertz CT molecular complexity index is 1180. The summed E-state index contributed by atoms with van der Waals surface area (Å²) >= 11 is 6.19. The first-order valence-electron chi connectivity index (χ1n) is 9.87. The average Bonchev–Trinajstić information content (AvgIpc) is 3.41. The number of aliphatic hydroxyl groups excluding tert-OH is 1. The first-order chi connectivity index (χ1) is 15.5. The Morgan fingerprint density at radius 1 is 1.16 bits per heavy atom. The predicted molar refractivity (Wildman–Crippen MR) is 119 cm³/mol. The highest BCUT2D eigenvalue weighted by Gasteiger charge is 2.48. The van der Waals surface area contributed by atoms with Gasteiger partial charge in [-0.3, -0.25) is 14.5 Å². The SMILES string of the molecule is CCOc1ccc(N2C(=O)C(=O)/C(=C(\O)c3ccc(OC)c(Cl)c3)C2c2ccco2)cc1. The van der Waals surface area contributed by atoms with Crippen LogP contribution in [0, 0.1) is 0 Å². The zero-order valence-electron chi connectivity index (χ0n) is 17.4. The number of anilines is 1. The van der Waals surface area contributed by atoms with E-state index in [1.165, 1.54) is 24.3 Å². The fraction of sp³-hybridized carbons (Fsp3) is 0.167. The molecule has 1 atom stereocenters. The van der Waals surface area contributed by atoms with E-state index < -0.39 is 17.7 Å². The van der Waals surface area contributed by atoms with Crippen LogP contribution in [0.3, 0.4) is 0 Å². The highest BCUT2D eigenvalue weighted by molar-refractivity contribution is 6.51. The van der Waals surface area contributed by atoms with Crippen LogP contribution in [-0.2, 0) is 9.59 Å². The van der Waals surface area contributed by atoms with Gasteiger partial charge in [-0.05, 0) is 61.5 Å². The first-order valence-corrected chi connectivity index (χ1v) is 10.2. The number of aliphatic hydroxyl groups is 1. The van der Waals surface area contributed by atoms with E-state index in [0.717, 1.165) is 0 Å². The molecule has 1 aromatic heterocycles. The van der Waals surface area contributed by atoms with E-state index in [1.807, 2.05) is 6.92 Å². The topological polar surface area (TPSA) is 89.2 Å². The van der Waals surface area contributed by atoms with Gasteiger partial charge in [0.05, 0.1) is 30.6 Å². The second-order valence-electron chi connectivity index (χ2n) is 6.96. The summed E-state index contributed by atoms with van der Waals surface area (Å²) in [6.45, 7) is 2.37. The van der Waals surface area contributed by atoms with Crippen molar-refractivity contribution in [2.24, 2.45) is 0 Å². The third-order valence-corrected chi connectivity index (χ3v) is 5.40. The normalized spacial score (nSPS) is 17.6. The van der Waals surface area contributed by atoms with Crippen molar-refractivity contribution in [2.75, 3.05) is 18.6 Å². The van der Waals surface area contributed by atoms with Crippen molar-refractivity contribution >= 4 is 34.7 Å². The molecule has 1 saturated heterocycles. The van der Waals surface area contributed by atoms with E-state index in [0.29, 0.717) is 29.6 Å². The lowest BCUT2D eigenvalue weighted by atomic mass is 9.99. The van der Waals surface area contributed by atoms with Gasteiger partial charge in [0.1, 0.15) is 29.1 Å². The largest absolute Gasteiger partial charge is 0.507 e. The van der Waals surface area contributed by atoms with Gasteiger partial charge in [0.25, 0.3) is 11.7 Å². The molecule has 7 nitrogen and oxygen atoms in total. The number of amides is 1. The Labute approximate surface area is 189 Å². The molecule has 0 radical (unpaired) electrons. The molecule has 3 aromatic rings. The summed E-state index contributed by atoms with van der Waals surface area (Å²) < 4.78 is 16.1. The fourth-order valence-electron chi connectivity index (χ4n) is 3.65. The smallest absolute Gasteiger partial charge is 0.300 e. The second kappa shape index (κ2) is 8.80. The van der Waals surface area contributed by atoms with Gasteiger partial charge in [0, 0.05) is 11.3 Å². The van der Waals surface area contributed by atoms with Crippen molar-refractivity contribution in [1.82, 2.24) is 0 Å². The third-order valence-electron chi connectivity index (χ3n) is 5.11. The number of halogens is 1. The Hall–Kier alpha value is -3.71. The highest BCUT2D eigenvalue weighted by Crippen LogP contribution is 2.43. The second-order valence-corrected chi connectivity index (χ2v) is 7.37. The van der Waals surface area contributed by atoms with Crippen LogP contribution >= 0.6 is 11.6 Å². The third kappa shape index (κ3) is 3.71. The summed E-state index contributed by atoms with van der Waals surface area (Å²) in [6, 6.07) is 13.7. The Morgan fingerprint density at radius 2 is 1.91 bits per heavy atom. The van der Waals surface area contributed by atoms with Crippen molar-refractivity contribution in [3.8, 4) is 11.5 Å². The van der Waals surface area contributed by atoms with E-state index in [1.54, 1.807) is 48.5 Å². The van der Waals surface area contributed by atoms with E-state index in [-0.39, 0.29) is 21.9 Å². The number of ketones is 1. The summed E-state index contributed by atoms with van der Waals surface area (Å²) in [5, 5.41) is 11.3. The number of nitrogens with zero attached hydrogens (tertiary/aromatic N) is 1. The Balaban J connectivity index is 1.85. The number of carbonyl (C=O) groups excluding carboxylic acids is 2. The van der Waals surface area contributed by atoms with E-state index >= 15 is 0 Å². The summed E-state index contributed by atoms with van der Waals surface area (Å²) in [5.74, 6) is -0.584. The zero-order chi connectivity index (χ0) is 22.8. The summed E-state index contributed by atoms with van der Waals surface area (Å²) in [5.41, 5.74) is 0.640. The van der Waals surface area contributed by atoms with Crippen LogP contribution in [0.1, 0.15) is 24.3 Å². The van der Waals surface area contributed by atoms with Gasteiger partial charge in [0.2, 0.25) is 0 Å². The standard InChI is InChI=1S/C24H20ClNO6/c1-3-31-16-9-7-15(8-10-16)26-21(19-5-4-12-32-19)20(23(28)24(26)29)22(27)14-6-11-18(30-2)17(25)13-14/h4-13,21,27H,3H2,1-2H3/b22-20-. The van der Waals surface area contributed by atoms with E-state index in [4.69, 9.17) is 25.5 Å². The van der Waals surface area contributed by atoms with Gasteiger partial charge < -0.3 is 19.0 Å². The first kappa shape index (κ1) is 21.5. The number of furan rings is 1. The minimum Gasteiger partial charge on any atom is -0.507 e. The fourth-order valence-corrected chi connectivity index (χ4v) is 3.91. The Kier molecular flexibility index (Phi) is 5.92. The van der Waals surface area contributed by atoms with Crippen LogP contribution in [0.2, 0.25) is 5.02 Å². The quantitative estimate of drug-likeness (QED) is 0.322. The summed E-state index contributed by atoms with van der Waals surface area (Å²) in [4.78, 5) is 27.4. The minimum atomic E-state index is -0.955. The lowest BCUT2D eigenvalue weighted by Crippen LogP contribution is -2.29. The molecule has 0 bridgehead atoms. The molecule has 32 heavy (non-hydrogen) atoms. The lowest BCUT2D eigenvalue weighted by molar-refractivity contribution is -0.132. The molecule has 2 aromatic carbocycles. The number of hydrogen-bond acceptors (Lipinski definition) is 6. The van der Waals surface area contributed by atoms with E-state index in [2.05, 4.69) is 0 Å². The number of methoxy groups -OCH3 is 1. The molecule has 0 saturated carbocycles. The summed E-state index contributed by atoms with van der Waals surface area (Å²) in [7, 11) is 1.47. The molecule has 2 heterocycles. The predicted octanol–water partition coefficient (Wildman–Crippen LogP) is 4.97. The molecular weight excluding hydrogens is 434 g/mol. The van der Waals surface area contributed by atoms with Gasteiger partial charge in [-0.1, -0.05) is 11.6 Å². The molecule has 1 aliphatic rings. The molecule has 1 aliphatic heterocycles. The van der Waals surface area contributed by atoms with Crippen LogP contribution in [0.25, 0.3) is 5.76 Å². The van der Waals surface area contributed by atoms with Crippen molar-refractivity contribution in [3.63, 3.8) is 0 Å². The van der Waals surface area contributed by atoms with Crippen LogP contribution in [0.4, 0.5) is 5.69 Å². The summed E-state index contributed by atoms with van der Waals surface area (Å²) in [6.07, 6.45) is 1.44. The molecule has 164 valence electrons. The molecular formula is C24H20ClNO6. The molecule has 1 unspecified atom stereocenters. The van der Waals surface area contributed by atoms with Crippen molar-refractivity contribution in [1.29, 1.82) is 0 Å². The maximum atomic E-state index is 13.1. The number of ether oxygens (including phenoxy) is 2. The highest BCUT2D eigenvalue weighted by atomic mass is 35.5. The molecule has 8 heteroatoms. The molecule has 1 fully saturated rings. The maximum absolute atomic E-state index is 13.1. The number of rotatable bonds is 6. The minimum absolute atomic E-state index is 0.0972. The molecule has 1 amide bonds. The number of carbonyl (C=O) groups is 2. The van der Waals surface area contributed by atoms with Crippen molar-refractivity contribution in [2.45, 2.75) is 13.0 Å². The van der Waals surface area contributed by atoms with Gasteiger partial charge >= 0.3 is 0 Å². The van der Waals surface area contributed by atoms with Gasteiger partial charge in [-0.15, -0.1) is 0 Å². The molecule has 1 N–H and O–H groups in total. The van der Waals surface area contributed by atoms with Crippen molar-refractivity contribution in [3.05, 3.63) is 82.8 Å². The molecule has 0 spiro atoms. The lowest BCUT2D eigenvalue weighted by Gasteiger charge is -2.23. The average molecular weight is 454 g/mol. The molecule has 4 rings (SSSR count). The van der Waals surface area contributed by atoms with Crippen molar-refractivity contribution < 1.29 is 28.6 Å². The zero-order valence-corrected chi connectivity index (χ0v) is 18.1. The van der Waals surface area contributed by atoms with E-state index in [9.17, 15) is 14.7 Å². The van der Waals surface area contributed by atoms with Crippen LogP contribution in [0.15, 0.2) is 70.9 Å². The van der Waals surface area contributed by atoms with Gasteiger partial charge in [-0.25, -0.2) is 0 Å². The van der Waals surface area contributed by atoms with Gasteiger partial charge in [-0.2, -0.15) is 0 Å². The van der Waals surface area contributed by atoms with Crippen LogP contribution < -0.4 is 14.4 Å². The Morgan fingerprint density at radius 3 is 2.50 bits per heavy atom. The van der Waals surface area contributed by atoms with Crippen LogP contribution in [-0.4, -0.2) is 30.5 Å². The number of hydrogen-bond donors (Lipinski definition) is 1.